The van der Waals surface area contributed by atoms with Gasteiger partial charge in [-0.05, 0) is 48.2 Å². The van der Waals surface area contributed by atoms with Crippen molar-refractivity contribution in [3.05, 3.63) is 69.7 Å². The lowest BCUT2D eigenvalue weighted by Gasteiger charge is -2.30. The number of hydrogen-bond acceptors (Lipinski definition) is 3. The number of nitrogens with zero attached hydrogens (tertiary/aromatic N) is 1. The molecule has 0 aliphatic carbocycles. The molecule has 0 saturated heterocycles. The van der Waals surface area contributed by atoms with E-state index in [2.05, 4.69) is 5.32 Å². The summed E-state index contributed by atoms with van der Waals surface area (Å²) in [6.07, 6.45) is 1.40. The summed E-state index contributed by atoms with van der Waals surface area (Å²) in [5.41, 5.74) is 2.01. The van der Waals surface area contributed by atoms with Gasteiger partial charge >= 0.3 is 0 Å². The maximum absolute atomic E-state index is 13.1. The molecule has 0 saturated carbocycles. The van der Waals surface area contributed by atoms with E-state index in [0.717, 1.165) is 17.5 Å². The zero-order chi connectivity index (χ0) is 21.9. The van der Waals surface area contributed by atoms with Crippen molar-refractivity contribution in [3.63, 3.8) is 0 Å². The van der Waals surface area contributed by atoms with Crippen molar-refractivity contribution in [1.82, 2.24) is 10.2 Å². The monoisotopic (exact) mass is 466 g/mol. The molecule has 0 aliphatic heterocycles. The van der Waals surface area contributed by atoms with E-state index in [1.54, 1.807) is 17.0 Å². The first-order valence-electron chi connectivity index (χ1n) is 10.1. The molecule has 0 aliphatic rings. The average molecular weight is 467 g/mol. The molecule has 0 unspecified atom stereocenters. The van der Waals surface area contributed by atoms with Gasteiger partial charge in [-0.15, -0.1) is 11.8 Å². The number of hydrogen-bond donors (Lipinski definition) is 1. The molecule has 0 aromatic heterocycles. The second kappa shape index (κ2) is 12.9. The molecule has 2 rings (SSSR count). The minimum Gasteiger partial charge on any atom is -0.354 e. The van der Waals surface area contributed by atoms with E-state index in [9.17, 15) is 9.59 Å². The lowest BCUT2D eigenvalue weighted by molar-refractivity contribution is -0.139. The summed E-state index contributed by atoms with van der Waals surface area (Å²) in [4.78, 5) is 27.5. The third-order valence-electron chi connectivity index (χ3n) is 4.58. The third-order valence-corrected chi connectivity index (χ3v) is 6.06. The van der Waals surface area contributed by atoms with Crippen LogP contribution in [0.3, 0.4) is 0 Å². The Kier molecular flexibility index (Phi) is 10.6. The number of amides is 2. The first kappa shape index (κ1) is 24.6. The number of thioether (sulfide) groups is 1. The molecule has 30 heavy (non-hydrogen) atoms. The van der Waals surface area contributed by atoms with Gasteiger partial charge in [0.15, 0.2) is 0 Å². The van der Waals surface area contributed by atoms with Gasteiger partial charge in [0.1, 0.15) is 6.04 Å². The molecule has 1 atom stereocenters. The molecule has 162 valence electrons. The molecule has 7 heteroatoms. The zero-order valence-corrected chi connectivity index (χ0v) is 19.7. The molecule has 4 nitrogen and oxygen atoms in total. The summed E-state index contributed by atoms with van der Waals surface area (Å²) in [6, 6.07) is 14.5. The van der Waals surface area contributed by atoms with E-state index >= 15 is 0 Å². The van der Waals surface area contributed by atoms with Crippen molar-refractivity contribution in [2.24, 2.45) is 0 Å². The smallest absolute Gasteiger partial charge is 0.242 e. The van der Waals surface area contributed by atoms with Gasteiger partial charge in [0.05, 0.1) is 5.75 Å². The average Bonchev–Trinajstić information content (AvgIpc) is 2.73. The van der Waals surface area contributed by atoms with Crippen LogP contribution in [0.15, 0.2) is 48.5 Å². The molecule has 0 heterocycles. The van der Waals surface area contributed by atoms with Crippen molar-refractivity contribution in [2.45, 2.75) is 45.0 Å². The molecule has 0 spiro atoms. The third kappa shape index (κ3) is 7.86. The Hall–Kier alpha value is -1.69. The van der Waals surface area contributed by atoms with E-state index in [0.29, 0.717) is 35.3 Å². The van der Waals surface area contributed by atoms with Crippen LogP contribution < -0.4 is 5.32 Å². The Morgan fingerprint density at radius 1 is 1.03 bits per heavy atom. The van der Waals surface area contributed by atoms with Gasteiger partial charge in [0, 0.05) is 28.9 Å². The first-order valence-corrected chi connectivity index (χ1v) is 12.0. The van der Waals surface area contributed by atoms with Crippen LogP contribution in [-0.2, 0) is 21.9 Å². The number of carbonyl (C=O) groups is 2. The van der Waals surface area contributed by atoms with Crippen molar-refractivity contribution in [3.8, 4) is 0 Å². The van der Waals surface area contributed by atoms with Gasteiger partial charge in [-0.1, -0.05) is 61.3 Å². The molecule has 0 bridgehead atoms. The molecule has 0 fully saturated rings. The second-order valence-electron chi connectivity index (χ2n) is 6.99. The minimum atomic E-state index is -0.508. The Morgan fingerprint density at radius 3 is 2.40 bits per heavy atom. The highest BCUT2D eigenvalue weighted by Gasteiger charge is 2.28. The summed E-state index contributed by atoms with van der Waals surface area (Å²) >= 11 is 13.5. The predicted molar refractivity (Wildman–Crippen MR) is 127 cm³/mol. The number of benzene rings is 2. The van der Waals surface area contributed by atoms with Crippen LogP contribution in [0, 0.1) is 0 Å². The molecule has 2 aromatic carbocycles. The highest BCUT2D eigenvalue weighted by atomic mass is 35.5. The van der Waals surface area contributed by atoms with E-state index in [1.165, 1.54) is 11.8 Å². The van der Waals surface area contributed by atoms with Gasteiger partial charge in [-0.25, -0.2) is 0 Å². The van der Waals surface area contributed by atoms with E-state index < -0.39 is 6.04 Å². The van der Waals surface area contributed by atoms with Crippen molar-refractivity contribution in [1.29, 1.82) is 0 Å². The van der Waals surface area contributed by atoms with E-state index in [4.69, 9.17) is 23.2 Å². The minimum absolute atomic E-state index is 0.0597. The molecule has 0 radical (unpaired) electrons. The predicted octanol–water partition coefficient (Wildman–Crippen LogP) is 5.56. The first-order chi connectivity index (χ1) is 14.4. The summed E-state index contributed by atoms with van der Waals surface area (Å²) < 4.78 is 0. The summed E-state index contributed by atoms with van der Waals surface area (Å²) in [6.45, 7) is 4.90. The summed E-state index contributed by atoms with van der Waals surface area (Å²) in [7, 11) is 0. The maximum Gasteiger partial charge on any atom is 0.242 e. The van der Waals surface area contributed by atoms with Gasteiger partial charge in [0.25, 0.3) is 0 Å². The molecule has 1 N–H and O–H groups in total. The Bertz CT molecular complexity index is 830. The van der Waals surface area contributed by atoms with Gasteiger partial charge in [0.2, 0.25) is 11.8 Å². The largest absolute Gasteiger partial charge is 0.354 e. The molecule has 2 aromatic rings. The van der Waals surface area contributed by atoms with Crippen LogP contribution in [0.1, 0.15) is 37.8 Å². The summed E-state index contributed by atoms with van der Waals surface area (Å²) in [5.74, 6) is 0.800. The standard InChI is InChI=1S/C23H28Cl2N2O2S/c1-3-12-26-23(29)21(4-2)27(14-17-8-10-19(24)11-9-17)22(28)16-30-15-18-6-5-7-20(25)13-18/h5-11,13,21H,3-4,12,14-16H2,1-2H3,(H,26,29)/t21-/m1/s1. The van der Waals surface area contributed by atoms with Crippen molar-refractivity contribution >= 4 is 46.8 Å². The fourth-order valence-electron chi connectivity index (χ4n) is 3.04. The molecular formula is C23H28Cl2N2O2S. The van der Waals surface area contributed by atoms with Crippen LogP contribution in [0.4, 0.5) is 0 Å². The quantitative estimate of drug-likeness (QED) is 0.471. The molecular weight excluding hydrogens is 439 g/mol. The van der Waals surface area contributed by atoms with Gasteiger partial charge < -0.3 is 10.2 Å². The highest BCUT2D eigenvalue weighted by molar-refractivity contribution is 7.99. The SMILES string of the molecule is CCCNC(=O)[C@@H](CC)N(Cc1ccc(Cl)cc1)C(=O)CSCc1cccc(Cl)c1. The topological polar surface area (TPSA) is 49.4 Å². The van der Waals surface area contributed by atoms with Crippen LogP contribution in [0.2, 0.25) is 10.0 Å². The number of halogens is 2. The lowest BCUT2D eigenvalue weighted by atomic mass is 10.1. The van der Waals surface area contributed by atoms with Crippen LogP contribution in [0.5, 0.6) is 0 Å². The van der Waals surface area contributed by atoms with Crippen molar-refractivity contribution < 1.29 is 9.59 Å². The zero-order valence-electron chi connectivity index (χ0n) is 17.4. The van der Waals surface area contributed by atoms with E-state index in [1.807, 2.05) is 50.2 Å². The van der Waals surface area contributed by atoms with Gasteiger partial charge in [-0.3, -0.25) is 9.59 Å². The van der Waals surface area contributed by atoms with Gasteiger partial charge in [-0.2, -0.15) is 0 Å². The second-order valence-corrected chi connectivity index (χ2v) is 8.84. The highest BCUT2D eigenvalue weighted by Crippen LogP contribution is 2.20. The maximum atomic E-state index is 13.1. The summed E-state index contributed by atoms with van der Waals surface area (Å²) in [5, 5.41) is 4.25. The Labute approximate surface area is 193 Å². The number of carbonyl (C=O) groups excluding carboxylic acids is 2. The van der Waals surface area contributed by atoms with Crippen LogP contribution >= 0.6 is 35.0 Å². The van der Waals surface area contributed by atoms with Crippen LogP contribution in [-0.4, -0.2) is 35.1 Å². The van der Waals surface area contributed by atoms with Crippen molar-refractivity contribution in [2.75, 3.05) is 12.3 Å². The number of rotatable bonds is 11. The molecule has 2 amide bonds. The lowest BCUT2D eigenvalue weighted by Crippen LogP contribution is -2.49. The fraction of sp³-hybridized carbons (Fsp3) is 0.391. The Morgan fingerprint density at radius 2 is 1.77 bits per heavy atom. The fourth-order valence-corrected chi connectivity index (χ4v) is 4.23. The van der Waals surface area contributed by atoms with Crippen LogP contribution in [0.25, 0.3) is 0 Å². The Balaban J connectivity index is 2.10. The van der Waals surface area contributed by atoms with E-state index in [-0.39, 0.29) is 17.6 Å². The normalized spacial score (nSPS) is 11.7. The number of nitrogens with one attached hydrogen (secondary N) is 1.